The molecule has 0 bridgehead atoms. The van der Waals surface area contributed by atoms with Gasteiger partial charge in [0.15, 0.2) is 0 Å². The smallest absolute Gasteiger partial charge is 0.253 e. The maximum atomic E-state index is 14.1. The van der Waals surface area contributed by atoms with E-state index in [2.05, 4.69) is 15.2 Å². The third kappa shape index (κ3) is 3.90. The van der Waals surface area contributed by atoms with Gasteiger partial charge >= 0.3 is 0 Å². The molecule has 0 aliphatic carbocycles. The van der Waals surface area contributed by atoms with Crippen molar-refractivity contribution in [3.63, 3.8) is 0 Å². The summed E-state index contributed by atoms with van der Waals surface area (Å²) in [7, 11) is 0. The minimum Gasteiger partial charge on any atom is -0.336 e. The summed E-state index contributed by atoms with van der Waals surface area (Å²) in [6, 6.07) is 13.5. The molecule has 1 amide bonds. The fourth-order valence-electron chi connectivity index (χ4n) is 3.33. The van der Waals surface area contributed by atoms with E-state index in [1.54, 1.807) is 48.7 Å². The molecule has 1 saturated heterocycles. The average molecular weight is 400 g/mol. The molecule has 0 unspecified atom stereocenters. The predicted molar refractivity (Wildman–Crippen MR) is 104 cm³/mol. The van der Waals surface area contributed by atoms with Gasteiger partial charge in [0.1, 0.15) is 11.5 Å². The molecule has 2 aromatic carbocycles. The summed E-state index contributed by atoms with van der Waals surface area (Å²) in [4.78, 5) is 16.7. The molecule has 0 spiro atoms. The van der Waals surface area contributed by atoms with Gasteiger partial charge < -0.3 is 4.90 Å². The lowest BCUT2D eigenvalue weighted by Crippen LogP contribution is -2.48. The van der Waals surface area contributed by atoms with Gasteiger partial charge in [0.05, 0.1) is 11.9 Å². The molecule has 1 aliphatic rings. The Morgan fingerprint density at radius 1 is 1.07 bits per heavy atom. The fourth-order valence-corrected chi connectivity index (χ4v) is 3.52. The molecule has 4 rings (SSSR count). The highest BCUT2D eigenvalue weighted by molar-refractivity contribution is 6.30. The number of halogens is 2. The van der Waals surface area contributed by atoms with E-state index in [-0.39, 0.29) is 11.7 Å². The number of hydrogen-bond donors (Lipinski definition) is 0. The number of piperazine rings is 1. The van der Waals surface area contributed by atoms with Crippen molar-refractivity contribution < 1.29 is 9.18 Å². The summed E-state index contributed by atoms with van der Waals surface area (Å²) < 4.78 is 15.6. The molecule has 1 aromatic heterocycles. The summed E-state index contributed by atoms with van der Waals surface area (Å²) in [5.41, 5.74) is 1.78. The van der Waals surface area contributed by atoms with E-state index in [4.69, 9.17) is 11.6 Å². The lowest BCUT2D eigenvalue weighted by Gasteiger charge is -2.34. The number of benzene rings is 2. The van der Waals surface area contributed by atoms with Crippen LogP contribution in [0.15, 0.2) is 54.7 Å². The van der Waals surface area contributed by atoms with Crippen LogP contribution in [0.3, 0.4) is 0 Å². The van der Waals surface area contributed by atoms with Crippen molar-refractivity contribution in [2.24, 2.45) is 0 Å². The van der Waals surface area contributed by atoms with E-state index >= 15 is 0 Å². The zero-order valence-corrected chi connectivity index (χ0v) is 15.9. The largest absolute Gasteiger partial charge is 0.336 e. The molecule has 0 atom stereocenters. The molecular formula is C20H19ClFN5O. The van der Waals surface area contributed by atoms with Crippen molar-refractivity contribution in [2.45, 2.75) is 6.54 Å². The second-order valence-corrected chi connectivity index (χ2v) is 7.10. The first-order valence-corrected chi connectivity index (χ1v) is 9.41. The number of carbonyl (C=O) groups is 1. The van der Waals surface area contributed by atoms with Gasteiger partial charge in [0, 0.05) is 43.3 Å². The molecule has 1 aliphatic heterocycles. The first-order valence-electron chi connectivity index (χ1n) is 9.03. The van der Waals surface area contributed by atoms with Gasteiger partial charge in [0.25, 0.3) is 5.91 Å². The summed E-state index contributed by atoms with van der Waals surface area (Å²) in [5.74, 6) is -0.355. The number of amides is 1. The van der Waals surface area contributed by atoms with Crippen LogP contribution < -0.4 is 0 Å². The maximum Gasteiger partial charge on any atom is 0.253 e. The highest BCUT2D eigenvalue weighted by Crippen LogP contribution is 2.17. The number of aromatic nitrogens is 3. The Balaban J connectivity index is 1.40. The number of para-hydroxylation sites is 1. The Morgan fingerprint density at radius 3 is 2.61 bits per heavy atom. The zero-order chi connectivity index (χ0) is 19.5. The quantitative estimate of drug-likeness (QED) is 0.676. The standard InChI is InChI=1S/C20H19ClFN5O/c21-16-5-3-4-15(12-16)20(28)26-10-8-25(9-11-26)14-17-13-23-24-27(17)19-7-2-1-6-18(19)22/h1-7,12-13H,8-11,14H2. The van der Waals surface area contributed by atoms with E-state index in [0.717, 1.165) is 18.8 Å². The van der Waals surface area contributed by atoms with E-state index in [0.29, 0.717) is 35.9 Å². The van der Waals surface area contributed by atoms with Crippen molar-refractivity contribution in [1.82, 2.24) is 24.8 Å². The minimum absolute atomic E-state index is 0.0137. The third-order valence-corrected chi connectivity index (χ3v) is 5.05. The zero-order valence-electron chi connectivity index (χ0n) is 15.1. The summed E-state index contributed by atoms with van der Waals surface area (Å²) in [5, 5.41) is 8.52. The van der Waals surface area contributed by atoms with Gasteiger partial charge in [0.2, 0.25) is 0 Å². The third-order valence-electron chi connectivity index (χ3n) is 4.82. The fraction of sp³-hybridized carbons (Fsp3) is 0.250. The second-order valence-electron chi connectivity index (χ2n) is 6.67. The number of rotatable bonds is 4. The van der Waals surface area contributed by atoms with Crippen LogP contribution in [-0.2, 0) is 6.54 Å². The molecule has 8 heteroatoms. The van der Waals surface area contributed by atoms with Crippen molar-refractivity contribution in [3.8, 4) is 5.69 Å². The number of hydrogen-bond acceptors (Lipinski definition) is 4. The van der Waals surface area contributed by atoms with Gasteiger partial charge in [-0.1, -0.05) is 35.0 Å². The molecule has 28 heavy (non-hydrogen) atoms. The van der Waals surface area contributed by atoms with Crippen molar-refractivity contribution in [3.05, 3.63) is 76.8 Å². The normalized spacial score (nSPS) is 15.0. The lowest BCUT2D eigenvalue weighted by atomic mass is 10.2. The maximum absolute atomic E-state index is 14.1. The molecule has 0 saturated carbocycles. The Bertz CT molecular complexity index is 984. The Kier molecular flexibility index (Phi) is 5.36. The first kappa shape index (κ1) is 18.6. The SMILES string of the molecule is O=C(c1cccc(Cl)c1)N1CCN(Cc2cnnn2-c2ccccc2F)CC1. The van der Waals surface area contributed by atoms with Gasteiger partial charge in [-0.25, -0.2) is 9.07 Å². The predicted octanol–water partition coefficient (Wildman–Crippen LogP) is 3.02. The molecule has 3 aromatic rings. The van der Waals surface area contributed by atoms with Gasteiger partial charge in [-0.3, -0.25) is 9.69 Å². The molecule has 2 heterocycles. The molecule has 1 fully saturated rings. The van der Waals surface area contributed by atoms with E-state index in [1.807, 2.05) is 4.90 Å². The Hall–Kier alpha value is -2.77. The topological polar surface area (TPSA) is 54.3 Å². The van der Waals surface area contributed by atoms with Crippen LogP contribution in [-0.4, -0.2) is 56.9 Å². The monoisotopic (exact) mass is 399 g/mol. The van der Waals surface area contributed by atoms with Crippen molar-refractivity contribution in [2.75, 3.05) is 26.2 Å². The summed E-state index contributed by atoms with van der Waals surface area (Å²) >= 11 is 5.99. The number of nitrogens with zero attached hydrogens (tertiary/aromatic N) is 5. The highest BCUT2D eigenvalue weighted by atomic mass is 35.5. The van der Waals surface area contributed by atoms with Crippen LogP contribution in [0.4, 0.5) is 4.39 Å². The van der Waals surface area contributed by atoms with Crippen LogP contribution in [0.25, 0.3) is 5.69 Å². The minimum atomic E-state index is -0.341. The molecular weight excluding hydrogens is 381 g/mol. The first-order chi connectivity index (χ1) is 13.6. The van der Waals surface area contributed by atoms with E-state index in [1.165, 1.54) is 10.7 Å². The van der Waals surface area contributed by atoms with Gasteiger partial charge in [-0.2, -0.15) is 0 Å². The van der Waals surface area contributed by atoms with Crippen LogP contribution in [0.2, 0.25) is 5.02 Å². The van der Waals surface area contributed by atoms with Crippen LogP contribution in [0.5, 0.6) is 0 Å². The van der Waals surface area contributed by atoms with Gasteiger partial charge in [-0.05, 0) is 30.3 Å². The van der Waals surface area contributed by atoms with Crippen molar-refractivity contribution in [1.29, 1.82) is 0 Å². The second kappa shape index (κ2) is 8.08. The Morgan fingerprint density at radius 2 is 1.86 bits per heavy atom. The molecule has 144 valence electrons. The molecule has 0 radical (unpaired) electrons. The summed E-state index contributed by atoms with van der Waals surface area (Å²) in [6.45, 7) is 3.25. The molecule has 6 nitrogen and oxygen atoms in total. The van der Waals surface area contributed by atoms with Crippen LogP contribution in [0.1, 0.15) is 16.1 Å². The van der Waals surface area contributed by atoms with Crippen LogP contribution in [0, 0.1) is 5.82 Å². The Labute approximate surface area is 167 Å². The van der Waals surface area contributed by atoms with E-state index < -0.39 is 0 Å². The van der Waals surface area contributed by atoms with Crippen LogP contribution >= 0.6 is 11.6 Å². The molecule has 0 N–H and O–H groups in total. The summed E-state index contributed by atoms with van der Waals surface area (Å²) in [6.07, 6.45) is 1.65. The lowest BCUT2D eigenvalue weighted by molar-refractivity contribution is 0.0626. The average Bonchev–Trinajstić information content (AvgIpc) is 3.16. The number of carbonyl (C=O) groups excluding carboxylic acids is 1. The highest BCUT2D eigenvalue weighted by Gasteiger charge is 2.23. The van der Waals surface area contributed by atoms with Gasteiger partial charge in [-0.15, -0.1) is 5.10 Å². The van der Waals surface area contributed by atoms with Crippen molar-refractivity contribution >= 4 is 17.5 Å². The van der Waals surface area contributed by atoms with E-state index in [9.17, 15) is 9.18 Å².